The second kappa shape index (κ2) is 5.59. The molecule has 1 saturated heterocycles. The van der Waals surface area contributed by atoms with Crippen LogP contribution in [-0.4, -0.2) is 19.8 Å². The molecule has 1 atom stereocenters. The van der Waals surface area contributed by atoms with Crippen LogP contribution in [0.2, 0.25) is 0 Å². The Morgan fingerprint density at radius 2 is 2.29 bits per heavy atom. The van der Waals surface area contributed by atoms with E-state index in [0.29, 0.717) is 19.8 Å². The van der Waals surface area contributed by atoms with Gasteiger partial charge in [-0.25, -0.2) is 0 Å². The number of hydrogen-bond acceptors (Lipinski definition) is 3. The summed E-state index contributed by atoms with van der Waals surface area (Å²) in [5.74, 6) is -0.357. The van der Waals surface area contributed by atoms with E-state index in [9.17, 15) is 5.11 Å². The number of hydrogen-bond donors (Lipinski definition) is 0. The van der Waals surface area contributed by atoms with Gasteiger partial charge in [-0.2, -0.15) is 0 Å². The van der Waals surface area contributed by atoms with Gasteiger partial charge in [0.1, 0.15) is 12.6 Å². The summed E-state index contributed by atoms with van der Waals surface area (Å²) in [6.07, 6.45) is 1.13. The zero-order chi connectivity index (χ0) is 12.1. The molecular formula is C13H16O4. The molecule has 0 aromatic heterocycles. The van der Waals surface area contributed by atoms with Gasteiger partial charge in [0.2, 0.25) is 6.26 Å². The van der Waals surface area contributed by atoms with Crippen molar-refractivity contribution in [2.24, 2.45) is 0 Å². The lowest BCUT2D eigenvalue weighted by Crippen LogP contribution is -2.15. The molecule has 2 rings (SSSR count). The third-order valence-electron chi connectivity index (χ3n) is 2.47. The van der Waals surface area contributed by atoms with Crippen LogP contribution in [0.3, 0.4) is 0 Å². The van der Waals surface area contributed by atoms with E-state index < -0.39 is 0 Å². The van der Waals surface area contributed by atoms with Crippen LogP contribution >= 0.6 is 0 Å². The minimum atomic E-state index is -0.357. The van der Waals surface area contributed by atoms with E-state index in [1.807, 2.05) is 30.3 Å². The lowest BCUT2D eigenvalue weighted by molar-refractivity contribution is -0.364. The van der Waals surface area contributed by atoms with Gasteiger partial charge in [-0.3, -0.25) is 4.74 Å². The summed E-state index contributed by atoms with van der Waals surface area (Å²) in [6.45, 7) is 3.37. The van der Waals surface area contributed by atoms with Crippen LogP contribution < -0.4 is 5.11 Å². The van der Waals surface area contributed by atoms with E-state index in [0.717, 1.165) is 5.56 Å². The van der Waals surface area contributed by atoms with Crippen LogP contribution in [0.25, 0.3) is 0 Å². The lowest BCUT2D eigenvalue weighted by Gasteiger charge is -2.22. The van der Waals surface area contributed by atoms with Crippen molar-refractivity contribution in [1.82, 2.24) is 0 Å². The molecule has 0 aliphatic carbocycles. The summed E-state index contributed by atoms with van der Waals surface area (Å²) in [6, 6.07) is 9.77. The second-order valence-electron chi connectivity index (χ2n) is 3.66. The summed E-state index contributed by atoms with van der Waals surface area (Å²) in [7, 11) is 0. The normalized spacial score (nSPS) is 20.6. The lowest BCUT2D eigenvalue weighted by atomic mass is 10.2. The van der Waals surface area contributed by atoms with E-state index >= 15 is 0 Å². The largest absolute Gasteiger partial charge is 0.608 e. The van der Waals surface area contributed by atoms with Gasteiger partial charge in [-0.1, -0.05) is 25.1 Å². The molecule has 17 heavy (non-hydrogen) atoms. The molecule has 1 aromatic carbocycles. The standard InChI is InChI=1S/C13H16O4/c1-2-15-12(14)10-17-9-8-16-13(17)11-6-4-3-5-7-11/h3-7,10,13H,2,8-9H2,1H3/b12-10+. The first-order chi connectivity index (χ1) is 8.31. The second-order valence-corrected chi connectivity index (χ2v) is 3.66. The molecule has 0 bridgehead atoms. The maximum absolute atomic E-state index is 11.4. The Labute approximate surface area is 101 Å². The Balaban J connectivity index is 2.10. The molecule has 1 aliphatic heterocycles. The maximum atomic E-state index is 11.4. The minimum Gasteiger partial charge on any atom is -0.608 e. The fourth-order valence-corrected chi connectivity index (χ4v) is 1.75. The van der Waals surface area contributed by atoms with E-state index in [1.165, 1.54) is 6.26 Å². The van der Waals surface area contributed by atoms with Gasteiger partial charge >= 0.3 is 6.29 Å². The molecular weight excluding hydrogens is 220 g/mol. The summed E-state index contributed by atoms with van der Waals surface area (Å²) in [5, 5.41) is 11.4. The highest BCUT2D eigenvalue weighted by atomic mass is 16.8. The summed E-state index contributed by atoms with van der Waals surface area (Å²) < 4.78 is 13.2. The van der Waals surface area contributed by atoms with Crippen LogP contribution in [0.4, 0.5) is 0 Å². The molecule has 0 amide bonds. The smallest absolute Gasteiger partial charge is 0.324 e. The van der Waals surface area contributed by atoms with Crippen molar-refractivity contribution in [3.63, 3.8) is 0 Å². The molecule has 92 valence electrons. The van der Waals surface area contributed by atoms with Crippen LogP contribution in [0.1, 0.15) is 18.8 Å². The number of benzene rings is 1. The number of ether oxygens (including phenoxy) is 2. The average molecular weight is 236 g/mol. The van der Waals surface area contributed by atoms with Crippen molar-refractivity contribution in [2.45, 2.75) is 13.2 Å². The van der Waals surface area contributed by atoms with Crippen molar-refractivity contribution in [1.29, 1.82) is 0 Å². The van der Waals surface area contributed by atoms with Crippen molar-refractivity contribution in [2.75, 3.05) is 19.8 Å². The molecule has 0 radical (unpaired) electrons. The van der Waals surface area contributed by atoms with Crippen LogP contribution in [-0.2, 0) is 13.8 Å². The third kappa shape index (κ3) is 2.91. The van der Waals surface area contributed by atoms with Gasteiger partial charge in [0.25, 0.3) is 0 Å². The van der Waals surface area contributed by atoms with Crippen molar-refractivity contribution in [3.05, 3.63) is 48.1 Å². The van der Waals surface area contributed by atoms with E-state index in [4.69, 9.17) is 9.47 Å². The quantitative estimate of drug-likeness (QED) is 0.587. The molecule has 1 unspecified atom stereocenters. The molecule has 1 fully saturated rings. The molecule has 1 heterocycles. The fourth-order valence-electron chi connectivity index (χ4n) is 1.75. The monoisotopic (exact) mass is 236 g/mol. The van der Waals surface area contributed by atoms with E-state index in [1.54, 1.807) is 6.92 Å². The predicted octanol–water partition coefficient (Wildman–Crippen LogP) is 1.46. The first kappa shape index (κ1) is 11.8. The molecule has 4 heteroatoms. The van der Waals surface area contributed by atoms with Gasteiger partial charge < -0.3 is 14.2 Å². The number of rotatable bonds is 4. The van der Waals surface area contributed by atoms with E-state index in [-0.39, 0.29) is 12.2 Å². The summed E-state index contributed by atoms with van der Waals surface area (Å²) >= 11 is 0. The predicted molar refractivity (Wildman–Crippen MR) is 60.8 cm³/mol. The molecule has 4 nitrogen and oxygen atoms in total. The van der Waals surface area contributed by atoms with E-state index in [2.05, 4.69) is 4.37 Å². The first-order valence-corrected chi connectivity index (χ1v) is 5.68. The first-order valence-electron chi connectivity index (χ1n) is 5.68. The Morgan fingerprint density at radius 3 is 3.00 bits per heavy atom. The topological polar surface area (TPSA) is 44.2 Å². The SMILES string of the molecule is CCO/C([O-])=C/[O+]1CCOC1c1ccccc1. The Bertz CT molecular complexity index is 374. The van der Waals surface area contributed by atoms with Gasteiger partial charge in [0.15, 0.2) is 6.61 Å². The molecule has 0 saturated carbocycles. The van der Waals surface area contributed by atoms with Gasteiger partial charge in [-0.05, 0) is 18.7 Å². The zero-order valence-electron chi connectivity index (χ0n) is 9.80. The van der Waals surface area contributed by atoms with Crippen LogP contribution in [0.15, 0.2) is 42.5 Å². The fraction of sp³-hybridized carbons (Fsp3) is 0.385. The summed E-state index contributed by atoms with van der Waals surface area (Å²) in [4.78, 5) is 0. The van der Waals surface area contributed by atoms with Gasteiger partial charge in [0.05, 0.1) is 5.56 Å². The Kier molecular flexibility index (Phi) is 3.88. The highest BCUT2D eigenvalue weighted by Gasteiger charge is 2.30. The minimum absolute atomic E-state index is 0.263. The zero-order valence-corrected chi connectivity index (χ0v) is 9.80. The van der Waals surface area contributed by atoms with Crippen molar-refractivity contribution < 1.29 is 18.9 Å². The highest BCUT2D eigenvalue weighted by Crippen LogP contribution is 2.31. The van der Waals surface area contributed by atoms with Crippen LogP contribution in [0, 0.1) is 0 Å². The van der Waals surface area contributed by atoms with Crippen molar-refractivity contribution >= 4 is 0 Å². The van der Waals surface area contributed by atoms with Crippen molar-refractivity contribution in [3.8, 4) is 0 Å². The molecule has 1 aromatic rings. The van der Waals surface area contributed by atoms with Gasteiger partial charge in [-0.15, -0.1) is 0 Å². The molecule has 1 aliphatic rings. The average Bonchev–Trinajstić information content (AvgIpc) is 2.78. The van der Waals surface area contributed by atoms with Crippen LogP contribution in [0.5, 0.6) is 0 Å². The van der Waals surface area contributed by atoms with Gasteiger partial charge in [0, 0.05) is 0 Å². The maximum Gasteiger partial charge on any atom is 0.324 e. The Hall–Kier alpha value is -1.68. The Morgan fingerprint density at radius 1 is 1.53 bits per heavy atom. The third-order valence-corrected chi connectivity index (χ3v) is 2.47. The summed E-state index contributed by atoms with van der Waals surface area (Å²) in [5.41, 5.74) is 1.01. The highest BCUT2D eigenvalue weighted by molar-refractivity contribution is 5.17. The molecule has 0 spiro atoms. The molecule has 0 N–H and O–H groups in total.